The molecular weight excluding hydrogens is 480 g/mol. The molecule has 1 saturated carbocycles. The number of amides is 2. The highest BCUT2D eigenvalue weighted by atomic mass is 16.3. The molecule has 0 unspecified atom stereocenters. The Balaban J connectivity index is 1.69. The number of ketones is 1. The Bertz CT molecular complexity index is 1240. The first-order chi connectivity index (χ1) is 18.0. The van der Waals surface area contributed by atoms with Crippen LogP contribution in [0.1, 0.15) is 85.6 Å². The molecule has 2 aliphatic carbocycles. The van der Waals surface area contributed by atoms with E-state index < -0.39 is 17.2 Å². The molecule has 0 bridgehead atoms. The average molecular weight is 521 g/mol. The van der Waals surface area contributed by atoms with Crippen LogP contribution >= 0.6 is 0 Å². The molecule has 2 N–H and O–H groups in total. The molecule has 4 rings (SSSR count). The fourth-order valence-corrected chi connectivity index (χ4v) is 5.62. The molecule has 1 aliphatic heterocycles. The molecule has 1 aromatic rings. The minimum atomic E-state index is -0.564. The lowest BCUT2D eigenvalue weighted by Crippen LogP contribution is -2.40. The lowest BCUT2D eigenvalue weighted by molar-refractivity contribution is -0.130. The van der Waals surface area contributed by atoms with Gasteiger partial charge in [-0.2, -0.15) is 5.10 Å². The number of hydrazone groups is 1. The summed E-state index contributed by atoms with van der Waals surface area (Å²) in [4.78, 5) is 41.7. The summed E-state index contributed by atoms with van der Waals surface area (Å²) in [5.41, 5.74) is 1.93. The van der Waals surface area contributed by atoms with Crippen molar-refractivity contribution in [1.29, 1.82) is 0 Å². The first-order valence-electron chi connectivity index (χ1n) is 13.8. The largest absolute Gasteiger partial charge is 0.506 e. The first-order valence-corrected chi connectivity index (χ1v) is 13.8. The summed E-state index contributed by atoms with van der Waals surface area (Å²) in [5.74, 6) is -0.567. The van der Waals surface area contributed by atoms with Crippen LogP contribution in [0.15, 0.2) is 40.2 Å². The fraction of sp³-hybridized carbons (Fsp3) is 0.533. The van der Waals surface area contributed by atoms with Crippen LogP contribution in [0.3, 0.4) is 0 Å². The maximum atomic E-state index is 13.5. The molecule has 3 aliphatic rings. The second kappa shape index (κ2) is 10.8. The van der Waals surface area contributed by atoms with Gasteiger partial charge in [0.25, 0.3) is 5.91 Å². The predicted octanol–water partition coefficient (Wildman–Crippen LogP) is 5.61. The minimum Gasteiger partial charge on any atom is -0.506 e. The normalized spacial score (nSPS) is 20.3. The van der Waals surface area contributed by atoms with Crippen LogP contribution in [-0.2, 0) is 14.4 Å². The smallest absolute Gasteiger partial charge is 0.277 e. The molecule has 1 fully saturated rings. The third-order valence-corrected chi connectivity index (χ3v) is 7.76. The Kier molecular flexibility index (Phi) is 7.81. The number of nitrogens with zero attached hydrogens (tertiary/aromatic N) is 3. The van der Waals surface area contributed by atoms with Crippen molar-refractivity contribution in [3.8, 4) is 0 Å². The number of anilines is 2. The van der Waals surface area contributed by atoms with Crippen molar-refractivity contribution in [1.82, 2.24) is 5.01 Å². The van der Waals surface area contributed by atoms with Crippen molar-refractivity contribution in [2.24, 2.45) is 11.0 Å². The van der Waals surface area contributed by atoms with Gasteiger partial charge in [-0.05, 0) is 72.1 Å². The Labute approximate surface area is 225 Å². The van der Waals surface area contributed by atoms with Gasteiger partial charge < -0.3 is 15.3 Å². The van der Waals surface area contributed by atoms with E-state index in [2.05, 4.69) is 29.2 Å². The van der Waals surface area contributed by atoms with Crippen LogP contribution in [0, 0.1) is 5.92 Å². The molecule has 38 heavy (non-hydrogen) atoms. The molecule has 2 amide bonds. The first kappa shape index (κ1) is 27.6. The Morgan fingerprint density at radius 3 is 2.32 bits per heavy atom. The van der Waals surface area contributed by atoms with Gasteiger partial charge in [0.2, 0.25) is 11.7 Å². The Hall–Kier alpha value is -3.42. The van der Waals surface area contributed by atoms with Gasteiger partial charge in [-0.15, -0.1) is 0 Å². The van der Waals surface area contributed by atoms with Crippen molar-refractivity contribution in [3.63, 3.8) is 0 Å². The Morgan fingerprint density at radius 1 is 1.11 bits per heavy atom. The predicted molar refractivity (Wildman–Crippen MR) is 151 cm³/mol. The number of carbonyl (C=O) groups excluding carboxylic acids is 3. The highest BCUT2D eigenvalue weighted by molar-refractivity contribution is 6.44. The van der Waals surface area contributed by atoms with Gasteiger partial charge in [0.15, 0.2) is 0 Å². The zero-order valence-electron chi connectivity index (χ0n) is 23.5. The van der Waals surface area contributed by atoms with Crippen LogP contribution in [0.4, 0.5) is 11.4 Å². The number of aliphatic hydroxyl groups excluding tert-OH is 1. The summed E-state index contributed by atoms with van der Waals surface area (Å²) in [6.07, 6.45) is 6.09. The number of carbonyl (C=O) groups is 3. The quantitative estimate of drug-likeness (QED) is 0.434. The van der Waals surface area contributed by atoms with Crippen molar-refractivity contribution >= 4 is 40.3 Å². The van der Waals surface area contributed by atoms with E-state index in [1.165, 1.54) is 30.7 Å². The summed E-state index contributed by atoms with van der Waals surface area (Å²) in [7, 11) is 0. The van der Waals surface area contributed by atoms with Crippen molar-refractivity contribution in [3.05, 3.63) is 40.7 Å². The maximum Gasteiger partial charge on any atom is 0.277 e. The molecule has 0 atom stereocenters. The van der Waals surface area contributed by atoms with Crippen LogP contribution in [-0.4, -0.2) is 52.1 Å². The van der Waals surface area contributed by atoms with Crippen LogP contribution in [0.5, 0.6) is 0 Å². The fourth-order valence-electron chi connectivity index (χ4n) is 5.62. The summed E-state index contributed by atoms with van der Waals surface area (Å²) in [5, 5.41) is 19.8. The van der Waals surface area contributed by atoms with E-state index in [-0.39, 0.29) is 28.4 Å². The van der Waals surface area contributed by atoms with Gasteiger partial charge >= 0.3 is 0 Å². The van der Waals surface area contributed by atoms with Crippen LogP contribution in [0.25, 0.3) is 5.57 Å². The number of rotatable bonds is 8. The van der Waals surface area contributed by atoms with E-state index in [1.807, 2.05) is 32.9 Å². The number of Topliss-reactive ketones (excluding diaryl/α,β-unsaturated/α-hetero) is 1. The summed E-state index contributed by atoms with van der Waals surface area (Å²) < 4.78 is 0. The van der Waals surface area contributed by atoms with Crippen molar-refractivity contribution in [2.45, 2.75) is 85.6 Å². The third kappa shape index (κ3) is 5.13. The molecule has 0 saturated heterocycles. The molecule has 0 radical (unpaired) electrons. The molecule has 1 heterocycles. The standard InChI is InChI=1S/C30H40N4O4/c1-7-33(8-2)20-14-15-21(22(17-20)31-23(35)16-13-19-11-9-10-12-19)25-27(36)26(28(25)37)24-18(3)32-34(29(24)38)30(4,5)6/h14-15,17,19,36H,7-13,16H2,1-6H3,(H,31,35)/b26-24+. The number of allylic oxidation sites excluding steroid dienone is 2. The van der Waals surface area contributed by atoms with E-state index in [1.54, 1.807) is 13.0 Å². The van der Waals surface area contributed by atoms with Gasteiger partial charge in [0.05, 0.1) is 33.7 Å². The van der Waals surface area contributed by atoms with Crippen molar-refractivity contribution in [2.75, 3.05) is 23.3 Å². The van der Waals surface area contributed by atoms with E-state index >= 15 is 0 Å². The van der Waals surface area contributed by atoms with E-state index in [0.29, 0.717) is 29.3 Å². The lowest BCUT2D eigenvalue weighted by atomic mass is 9.79. The summed E-state index contributed by atoms with van der Waals surface area (Å²) >= 11 is 0. The van der Waals surface area contributed by atoms with Crippen LogP contribution in [0.2, 0.25) is 0 Å². The van der Waals surface area contributed by atoms with Gasteiger partial charge in [-0.3, -0.25) is 14.4 Å². The molecule has 8 heteroatoms. The average Bonchev–Trinajstić information content (AvgIpc) is 3.49. The molecule has 0 spiro atoms. The zero-order chi connectivity index (χ0) is 27.8. The van der Waals surface area contributed by atoms with Gasteiger partial charge in [0, 0.05) is 30.8 Å². The monoisotopic (exact) mass is 520 g/mol. The minimum absolute atomic E-state index is 0.00988. The van der Waals surface area contributed by atoms with E-state index in [4.69, 9.17) is 0 Å². The highest BCUT2D eigenvalue weighted by Crippen LogP contribution is 2.43. The number of nitrogens with one attached hydrogen (secondary N) is 1. The Morgan fingerprint density at radius 2 is 1.76 bits per heavy atom. The highest BCUT2D eigenvalue weighted by Gasteiger charge is 2.45. The van der Waals surface area contributed by atoms with Crippen LogP contribution < -0.4 is 10.2 Å². The van der Waals surface area contributed by atoms with E-state index in [9.17, 15) is 19.5 Å². The number of hydrogen-bond donors (Lipinski definition) is 2. The number of hydrogen-bond acceptors (Lipinski definition) is 6. The maximum absolute atomic E-state index is 13.5. The molecule has 0 aromatic heterocycles. The zero-order valence-corrected chi connectivity index (χ0v) is 23.5. The number of aliphatic hydroxyl groups is 1. The lowest BCUT2D eigenvalue weighted by Gasteiger charge is -2.29. The van der Waals surface area contributed by atoms with Gasteiger partial charge in [-0.1, -0.05) is 25.7 Å². The van der Waals surface area contributed by atoms with Gasteiger partial charge in [0.1, 0.15) is 5.76 Å². The topological polar surface area (TPSA) is 102 Å². The number of benzene rings is 1. The van der Waals surface area contributed by atoms with Crippen molar-refractivity contribution < 1.29 is 19.5 Å². The third-order valence-electron chi connectivity index (χ3n) is 7.76. The van der Waals surface area contributed by atoms with E-state index in [0.717, 1.165) is 25.2 Å². The summed E-state index contributed by atoms with van der Waals surface area (Å²) in [6, 6.07) is 5.53. The van der Waals surface area contributed by atoms with Gasteiger partial charge in [-0.25, -0.2) is 5.01 Å². The molecule has 8 nitrogen and oxygen atoms in total. The molecule has 1 aromatic carbocycles. The second-order valence-electron chi connectivity index (χ2n) is 11.4. The second-order valence-corrected chi connectivity index (χ2v) is 11.4. The summed E-state index contributed by atoms with van der Waals surface area (Å²) in [6.45, 7) is 12.9. The SMILES string of the molecule is CCN(CC)c1ccc(C2=C(O)/C(=C3\C(=O)N(C(C)(C)C)N=C3C)C2=O)c(NC(=O)CCC2CCCC2)c1. The molecule has 204 valence electrons. The molecular formula is C30H40N4O4.